The van der Waals surface area contributed by atoms with Crippen LogP contribution in [0, 0.1) is 0 Å². The summed E-state index contributed by atoms with van der Waals surface area (Å²) in [5.41, 5.74) is 5.03. The van der Waals surface area contributed by atoms with Gasteiger partial charge in [0.15, 0.2) is 0 Å². The van der Waals surface area contributed by atoms with Crippen LogP contribution in [-0.4, -0.2) is 86.2 Å². The first-order chi connectivity index (χ1) is 30.1. The van der Waals surface area contributed by atoms with Crippen LogP contribution in [0.2, 0.25) is 0 Å². The van der Waals surface area contributed by atoms with E-state index in [1.807, 2.05) is 115 Å². The summed E-state index contributed by atoms with van der Waals surface area (Å²) in [6.07, 6.45) is 8.45. The summed E-state index contributed by atoms with van der Waals surface area (Å²) in [4.78, 5) is 66.3. The van der Waals surface area contributed by atoms with E-state index in [1.54, 1.807) is 37.9 Å². The number of carbonyl (C=O) groups excluding carboxylic acids is 1. The average Bonchev–Trinajstić information content (AvgIpc) is 3.88. The third-order valence-corrected chi connectivity index (χ3v) is 10.7. The Balaban J connectivity index is 1.26. The van der Waals surface area contributed by atoms with E-state index in [2.05, 4.69) is 58.7 Å². The minimum absolute atomic E-state index is 0.0124. The quantitative estimate of drug-likeness (QED) is 0.108. The number of ether oxygens (including phenoxy) is 1. The molecule has 0 spiro atoms. The van der Waals surface area contributed by atoms with Gasteiger partial charge in [0.05, 0.1) is 48.4 Å². The molecule has 4 heterocycles. The van der Waals surface area contributed by atoms with Crippen molar-refractivity contribution in [2.24, 2.45) is 7.05 Å². The highest BCUT2D eigenvalue weighted by Gasteiger charge is 2.22. The Labute approximate surface area is 365 Å². The SMILES string of the molecule is C=C(Cn1c(=O)/c(=C/c2nc[nH]c2C(C)(C)C)[nH]c(=O)/c1=C/c1ccccc1)C(=O)Nc1cc(Nc2nccc(-c3cn(C)c4ccccc34)n2)c(OC)cc1N(C)CCN(C)C. The molecule has 0 atom stereocenters. The number of hydrogen-bond donors (Lipinski definition) is 4. The van der Waals surface area contributed by atoms with Crippen LogP contribution in [0.1, 0.15) is 37.7 Å². The molecule has 0 radical (unpaired) electrons. The van der Waals surface area contributed by atoms with Gasteiger partial charge in [0.1, 0.15) is 16.4 Å². The first-order valence-electron chi connectivity index (χ1n) is 20.5. The number of fused-ring (bicyclic) bond motifs is 1. The molecule has 0 aliphatic rings. The van der Waals surface area contributed by atoms with Gasteiger partial charge in [0, 0.05) is 78.8 Å². The smallest absolute Gasteiger partial charge is 0.275 e. The Hall–Kier alpha value is -7.52. The van der Waals surface area contributed by atoms with E-state index in [4.69, 9.17) is 9.72 Å². The summed E-state index contributed by atoms with van der Waals surface area (Å²) in [5.74, 6) is 0.250. The molecular formula is C48H53N11O4. The molecular weight excluding hydrogens is 795 g/mol. The average molecular weight is 848 g/mol. The fourth-order valence-corrected chi connectivity index (χ4v) is 7.30. The van der Waals surface area contributed by atoms with Gasteiger partial charge in [-0.3, -0.25) is 19.0 Å². The molecule has 0 bridgehead atoms. The van der Waals surface area contributed by atoms with Crippen LogP contribution in [0.4, 0.5) is 23.0 Å². The molecule has 7 rings (SSSR count). The Morgan fingerprint density at radius 2 is 1.70 bits per heavy atom. The second-order valence-electron chi connectivity index (χ2n) is 16.7. The van der Waals surface area contributed by atoms with Crippen molar-refractivity contribution in [3.05, 3.63) is 152 Å². The Morgan fingerprint density at radius 3 is 2.43 bits per heavy atom. The predicted molar refractivity (Wildman–Crippen MR) is 251 cm³/mol. The lowest BCUT2D eigenvalue weighted by atomic mass is 9.90. The second-order valence-corrected chi connectivity index (χ2v) is 16.7. The third-order valence-electron chi connectivity index (χ3n) is 10.7. The fraction of sp³-hybridized carbons (Fsp3) is 0.250. The lowest BCUT2D eigenvalue weighted by Gasteiger charge is -2.26. The Bertz CT molecular complexity index is 3060. The highest BCUT2D eigenvalue weighted by molar-refractivity contribution is 6.06. The van der Waals surface area contributed by atoms with E-state index in [0.717, 1.165) is 34.4 Å². The minimum Gasteiger partial charge on any atom is -0.494 e. The number of H-pyrrole nitrogens is 2. The number of aromatic nitrogens is 7. The van der Waals surface area contributed by atoms with E-state index < -0.39 is 17.0 Å². The molecule has 1 amide bonds. The predicted octanol–water partition coefficient (Wildman–Crippen LogP) is 5.11. The number of aryl methyl sites for hydroxylation is 1. The molecule has 0 unspecified atom stereocenters. The fourth-order valence-electron chi connectivity index (χ4n) is 7.30. The zero-order valence-corrected chi connectivity index (χ0v) is 36.9. The van der Waals surface area contributed by atoms with Gasteiger partial charge in [0.2, 0.25) is 5.95 Å². The summed E-state index contributed by atoms with van der Waals surface area (Å²) < 4.78 is 9.22. The molecule has 4 N–H and O–H groups in total. The van der Waals surface area contributed by atoms with E-state index in [1.165, 1.54) is 4.57 Å². The zero-order chi connectivity index (χ0) is 45.0. The summed E-state index contributed by atoms with van der Waals surface area (Å²) in [6, 6.07) is 22.8. The lowest BCUT2D eigenvalue weighted by Crippen LogP contribution is -2.53. The number of likely N-dealkylation sites (N-methyl/N-ethyl adjacent to an activating group) is 2. The van der Waals surface area contributed by atoms with Crippen molar-refractivity contribution in [3.63, 3.8) is 0 Å². The van der Waals surface area contributed by atoms with Crippen molar-refractivity contribution in [2.45, 2.75) is 32.7 Å². The number of imidazole rings is 1. The van der Waals surface area contributed by atoms with Gasteiger partial charge in [-0.05, 0) is 50.0 Å². The Kier molecular flexibility index (Phi) is 12.6. The van der Waals surface area contributed by atoms with Gasteiger partial charge in [-0.25, -0.2) is 15.0 Å². The summed E-state index contributed by atoms with van der Waals surface area (Å²) in [7, 11) is 9.47. The molecule has 3 aromatic carbocycles. The number of aromatic amines is 2. The van der Waals surface area contributed by atoms with Crippen LogP contribution in [0.3, 0.4) is 0 Å². The van der Waals surface area contributed by atoms with Gasteiger partial charge in [0.25, 0.3) is 17.0 Å². The third kappa shape index (κ3) is 9.68. The van der Waals surface area contributed by atoms with Gasteiger partial charge in [-0.2, -0.15) is 0 Å². The van der Waals surface area contributed by atoms with Gasteiger partial charge in [-0.1, -0.05) is 75.9 Å². The summed E-state index contributed by atoms with van der Waals surface area (Å²) in [6.45, 7) is 11.2. The molecule has 0 saturated heterocycles. The van der Waals surface area contributed by atoms with Gasteiger partial charge >= 0.3 is 0 Å². The van der Waals surface area contributed by atoms with Gasteiger partial charge < -0.3 is 39.7 Å². The van der Waals surface area contributed by atoms with Crippen LogP contribution < -0.4 is 42.1 Å². The van der Waals surface area contributed by atoms with Crippen LogP contribution >= 0.6 is 0 Å². The van der Waals surface area contributed by atoms with Crippen molar-refractivity contribution in [1.29, 1.82) is 0 Å². The van der Waals surface area contributed by atoms with E-state index in [-0.39, 0.29) is 28.2 Å². The molecule has 0 aliphatic carbocycles. The highest BCUT2D eigenvalue weighted by atomic mass is 16.5. The maximum Gasteiger partial charge on any atom is 0.275 e. The largest absolute Gasteiger partial charge is 0.494 e. The molecule has 15 nitrogen and oxygen atoms in total. The molecule has 0 fully saturated rings. The van der Waals surface area contributed by atoms with Crippen molar-refractivity contribution in [1.82, 2.24) is 39.0 Å². The molecule has 7 aromatic rings. The molecule has 0 saturated carbocycles. The zero-order valence-electron chi connectivity index (χ0n) is 36.9. The maximum atomic E-state index is 14.4. The maximum absolute atomic E-state index is 14.4. The number of para-hydroxylation sites is 1. The first-order valence-corrected chi connectivity index (χ1v) is 20.5. The van der Waals surface area contributed by atoms with Crippen LogP contribution in [0.25, 0.3) is 34.3 Å². The number of carbonyl (C=O) groups is 1. The van der Waals surface area contributed by atoms with E-state index >= 15 is 0 Å². The van der Waals surface area contributed by atoms with Crippen LogP contribution in [-0.2, 0) is 23.8 Å². The number of benzene rings is 3. The van der Waals surface area contributed by atoms with Crippen LogP contribution in [0.15, 0.2) is 113 Å². The number of nitrogens with zero attached hydrogens (tertiary/aromatic N) is 7. The number of anilines is 4. The number of methoxy groups -OCH3 is 1. The monoisotopic (exact) mass is 847 g/mol. The summed E-state index contributed by atoms with van der Waals surface area (Å²) >= 11 is 0. The minimum atomic E-state index is -0.562. The summed E-state index contributed by atoms with van der Waals surface area (Å²) in [5, 5.41) is 7.50. The lowest BCUT2D eigenvalue weighted by molar-refractivity contribution is -0.113. The van der Waals surface area contributed by atoms with Crippen molar-refractivity contribution >= 4 is 52.0 Å². The highest BCUT2D eigenvalue weighted by Crippen LogP contribution is 2.38. The van der Waals surface area contributed by atoms with Gasteiger partial charge in [-0.15, -0.1) is 0 Å². The number of amides is 1. The van der Waals surface area contributed by atoms with Crippen molar-refractivity contribution < 1.29 is 9.53 Å². The normalized spacial score (nSPS) is 12.3. The molecule has 63 heavy (non-hydrogen) atoms. The number of hydrogen-bond acceptors (Lipinski definition) is 10. The van der Waals surface area contributed by atoms with Crippen LogP contribution in [0.5, 0.6) is 5.75 Å². The topological polar surface area (TPSA) is 171 Å². The molecule has 4 aromatic heterocycles. The standard InChI is InChI=1S/C48H53N11O4/c1-30(27-59-41(23-31-15-11-10-12-16-31)45(61)53-38(46(59)62)25-37-43(48(2,3)4)51-29-50-37)44(60)52-35-24-36(42(63-9)26-40(35)57(7)22-21-56(5)6)55-47-49-20-19-34(54-47)33-28-58(8)39-18-14-13-17-32(33)39/h10-20,23-26,28-29H,1,21-22,27H2,2-9H3,(H,50,51)(H,52,60)(H,53,61)(H,49,54,55)/b38-25-,41-23-. The second kappa shape index (κ2) is 18.2. The molecule has 15 heteroatoms. The first kappa shape index (κ1) is 43.6. The molecule has 324 valence electrons. The van der Waals surface area contributed by atoms with Crippen molar-refractivity contribution in [3.8, 4) is 17.0 Å². The Morgan fingerprint density at radius 1 is 0.952 bits per heavy atom. The van der Waals surface area contributed by atoms with Crippen molar-refractivity contribution in [2.75, 3.05) is 56.9 Å². The molecule has 0 aliphatic heterocycles. The van der Waals surface area contributed by atoms with E-state index in [0.29, 0.717) is 46.6 Å². The number of rotatable bonds is 14. The number of nitrogens with one attached hydrogen (secondary N) is 4. The van der Waals surface area contributed by atoms with E-state index in [9.17, 15) is 14.4 Å².